The Labute approximate surface area is 177 Å². The van der Waals surface area contributed by atoms with Gasteiger partial charge in [-0.3, -0.25) is 9.59 Å². The van der Waals surface area contributed by atoms with Gasteiger partial charge < -0.3 is 15.4 Å². The Balaban J connectivity index is 1.62. The van der Waals surface area contributed by atoms with Gasteiger partial charge in [0.1, 0.15) is 5.75 Å². The molecule has 30 heavy (non-hydrogen) atoms. The number of amides is 2. The first-order valence-corrected chi connectivity index (χ1v) is 10.0. The summed E-state index contributed by atoms with van der Waals surface area (Å²) in [5.74, 6) is 0.686. The molecule has 0 aliphatic heterocycles. The summed E-state index contributed by atoms with van der Waals surface area (Å²) in [5, 5.41) is 5.72. The number of anilines is 2. The van der Waals surface area contributed by atoms with Crippen LogP contribution >= 0.6 is 0 Å². The minimum absolute atomic E-state index is 0.181. The molecule has 154 valence electrons. The topological polar surface area (TPSA) is 67.4 Å². The summed E-state index contributed by atoms with van der Waals surface area (Å²) in [4.78, 5) is 25.0. The van der Waals surface area contributed by atoms with Gasteiger partial charge in [-0.15, -0.1) is 0 Å². The number of rotatable bonds is 8. The molecular formula is C25H26N2O3. The van der Waals surface area contributed by atoms with Crippen LogP contribution in [0.3, 0.4) is 0 Å². The quantitative estimate of drug-likeness (QED) is 0.514. The smallest absolute Gasteiger partial charge is 0.259 e. The van der Waals surface area contributed by atoms with Gasteiger partial charge in [0.25, 0.3) is 11.8 Å². The molecule has 0 bridgehead atoms. The maximum absolute atomic E-state index is 12.7. The third-order valence-corrected chi connectivity index (χ3v) is 4.52. The fourth-order valence-electron chi connectivity index (χ4n) is 2.81. The number of nitrogens with one attached hydrogen (secondary N) is 2. The van der Waals surface area contributed by atoms with Crippen molar-refractivity contribution in [3.63, 3.8) is 0 Å². The van der Waals surface area contributed by atoms with Gasteiger partial charge in [-0.2, -0.15) is 0 Å². The molecule has 2 amide bonds. The second-order valence-corrected chi connectivity index (χ2v) is 7.38. The lowest BCUT2D eigenvalue weighted by atomic mass is 10.1. The SMILES string of the molecule is CC(C)CCOc1ccccc1C(=O)Nc1ccc(NC(=O)c2ccccc2)cc1. The molecule has 0 unspecified atom stereocenters. The molecule has 0 fully saturated rings. The van der Waals surface area contributed by atoms with Crippen molar-refractivity contribution >= 4 is 23.2 Å². The Hall–Kier alpha value is -3.60. The molecule has 3 aromatic rings. The molecule has 0 radical (unpaired) electrons. The van der Waals surface area contributed by atoms with Gasteiger partial charge in [-0.1, -0.05) is 44.2 Å². The molecular weight excluding hydrogens is 376 g/mol. The number of hydrogen-bond donors (Lipinski definition) is 2. The molecule has 0 atom stereocenters. The third kappa shape index (κ3) is 5.95. The van der Waals surface area contributed by atoms with Crippen LogP contribution in [0.15, 0.2) is 78.9 Å². The maximum Gasteiger partial charge on any atom is 0.259 e. The van der Waals surface area contributed by atoms with Gasteiger partial charge in [0, 0.05) is 16.9 Å². The van der Waals surface area contributed by atoms with Gasteiger partial charge in [-0.25, -0.2) is 0 Å². The molecule has 2 N–H and O–H groups in total. The molecule has 0 heterocycles. The van der Waals surface area contributed by atoms with Crippen LogP contribution in [-0.2, 0) is 0 Å². The van der Waals surface area contributed by atoms with Gasteiger partial charge in [-0.05, 0) is 60.9 Å². The van der Waals surface area contributed by atoms with E-state index >= 15 is 0 Å². The standard InChI is InChI=1S/C25H26N2O3/c1-18(2)16-17-30-23-11-7-6-10-22(23)25(29)27-21-14-12-20(13-15-21)26-24(28)19-8-4-3-5-9-19/h3-15,18H,16-17H2,1-2H3,(H,26,28)(H,27,29). The lowest BCUT2D eigenvalue weighted by molar-refractivity contribution is 0.101. The van der Waals surface area contributed by atoms with Crippen molar-refractivity contribution in [2.75, 3.05) is 17.2 Å². The van der Waals surface area contributed by atoms with Crippen molar-refractivity contribution in [3.8, 4) is 5.75 Å². The summed E-state index contributed by atoms with van der Waals surface area (Å²) in [6, 6.07) is 23.2. The molecule has 5 heteroatoms. The van der Waals surface area contributed by atoms with E-state index in [-0.39, 0.29) is 11.8 Å². The Morgan fingerprint density at radius 1 is 0.767 bits per heavy atom. The number of para-hydroxylation sites is 1. The van der Waals surface area contributed by atoms with Crippen LogP contribution in [0.2, 0.25) is 0 Å². The van der Waals surface area contributed by atoms with Gasteiger partial charge in [0.15, 0.2) is 0 Å². The number of carbonyl (C=O) groups excluding carboxylic acids is 2. The fraction of sp³-hybridized carbons (Fsp3) is 0.200. The molecule has 3 rings (SSSR count). The van der Waals surface area contributed by atoms with Crippen molar-refractivity contribution in [2.24, 2.45) is 5.92 Å². The molecule has 0 aromatic heterocycles. The van der Waals surface area contributed by atoms with Crippen LogP contribution < -0.4 is 15.4 Å². The van der Waals surface area contributed by atoms with E-state index in [1.165, 1.54) is 0 Å². The summed E-state index contributed by atoms with van der Waals surface area (Å²) in [6.07, 6.45) is 0.923. The Bertz CT molecular complexity index is 983. The fourth-order valence-corrected chi connectivity index (χ4v) is 2.81. The first kappa shape index (κ1) is 21.1. The average Bonchev–Trinajstić information content (AvgIpc) is 2.76. The van der Waals surface area contributed by atoms with Crippen molar-refractivity contribution < 1.29 is 14.3 Å². The summed E-state index contributed by atoms with van der Waals surface area (Å²) < 4.78 is 5.80. The molecule has 0 spiro atoms. The van der Waals surface area contributed by atoms with E-state index in [4.69, 9.17) is 4.74 Å². The number of hydrogen-bond acceptors (Lipinski definition) is 3. The number of ether oxygens (including phenoxy) is 1. The monoisotopic (exact) mass is 402 g/mol. The molecule has 0 aliphatic rings. The predicted molar refractivity (Wildman–Crippen MR) is 120 cm³/mol. The first-order chi connectivity index (χ1) is 14.5. The minimum atomic E-state index is -0.240. The summed E-state index contributed by atoms with van der Waals surface area (Å²) in [7, 11) is 0. The van der Waals surface area contributed by atoms with Crippen LogP contribution in [-0.4, -0.2) is 18.4 Å². The second kappa shape index (κ2) is 10.3. The Morgan fingerprint density at radius 3 is 1.97 bits per heavy atom. The highest BCUT2D eigenvalue weighted by Gasteiger charge is 2.13. The zero-order chi connectivity index (χ0) is 21.3. The zero-order valence-electron chi connectivity index (χ0n) is 17.2. The molecule has 0 saturated carbocycles. The molecule has 0 saturated heterocycles. The largest absolute Gasteiger partial charge is 0.493 e. The lowest BCUT2D eigenvalue weighted by Gasteiger charge is -2.13. The highest BCUT2D eigenvalue weighted by molar-refractivity contribution is 6.07. The van der Waals surface area contributed by atoms with Crippen LogP contribution in [0.1, 0.15) is 41.0 Å². The maximum atomic E-state index is 12.7. The molecule has 0 aliphatic carbocycles. The average molecular weight is 402 g/mol. The van der Waals surface area contributed by atoms with Gasteiger partial charge in [0.2, 0.25) is 0 Å². The van der Waals surface area contributed by atoms with E-state index in [2.05, 4.69) is 24.5 Å². The number of benzene rings is 3. The van der Waals surface area contributed by atoms with Gasteiger partial charge in [0.05, 0.1) is 12.2 Å². The predicted octanol–water partition coefficient (Wildman–Crippen LogP) is 5.62. The van der Waals surface area contributed by atoms with E-state index in [1.54, 1.807) is 48.5 Å². The highest BCUT2D eigenvalue weighted by Crippen LogP contribution is 2.21. The van der Waals surface area contributed by atoms with Gasteiger partial charge >= 0.3 is 0 Å². The van der Waals surface area contributed by atoms with Crippen molar-refractivity contribution in [1.29, 1.82) is 0 Å². The zero-order valence-corrected chi connectivity index (χ0v) is 17.2. The van der Waals surface area contributed by atoms with E-state index in [0.717, 1.165) is 6.42 Å². The second-order valence-electron chi connectivity index (χ2n) is 7.38. The summed E-state index contributed by atoms with van der Waals surface area (Å²) in [5.41, 5.74) is 2.36. The van der Waals surface area contributed by atoms with E-state index < -0.39 is 0 Å². The first-order valence-electron chi connectivity index (χ1n) is 10.0. The van der Waals surface area contributed by atoms with E-state index in [1.807, 2.05) is 30.3 Å². The number of carbonyl (C=O) groups is 2. The van der Waals surface area contributed by atoms with Crippen LogP contribution in [0.25, 0.3) is 0 Å². The van der Waals surface area contributed by atoms with Crippen LogP contribution in [0.4, 0.5) is 11.4 Å². The Morgan fingerprint density at radius 2 is 1.33 bits per heavy atom. The highest BCUT2D eigenvalue weighted by atomic mass is 16.5. The minimum Gasteiger partial charge on any atom is -0.493 e. The van der Waals surface area contributed by atoms with Crippen LogP contribution in [0, 0.1) is 5.92 Å². The summed E-state index contributed by atoms with van der Waals surface area (Å²) in [6.45, 7) is 4.83. The van der Waals surface area contributed by atoms with Crippen molar-refractivity contribution in [3.05, 3.63) is 90.0 Å². The van der Waals surface area contributed by atoms with Crippen molar-refractivity contribution in [2.45, 2.75) is 20.3 Å². The Kier molecular flexibility index (Phi) is 7.22. The van der Waals surface area contributed by atoms with E-state index in [9.17, 15) is 9.59 Å². The third-order valence-electron chi connectivity index (χ3n) is 4.52. The normalized spacial score (nSPS) is 10.5. The lowest BCUT2D eigenvalue weighted by Crippen LogP contribution is -2.14. The van der Waals surface area contributed by atoms with Crippen LogP contribution in [0.5, 0.6) is 5.75 Å². The molecule has 3 aromatic carbocycles. The van der Waals surface area contributed by atoms with Crippen molar-refractivity contribution in [1.82, 2.24) is 0 Å². The molecule has 5 nitrogen and oxygen atoms in total. The summed E-state index contributed by atoms with van der Waals surface area (Å²) >= 11 is 0. The van der Waals surface area contributed by atoms with E-state index in [0.29, 0.717) is 40.8 Å².